The molecule has 94 valence electrons. The summed E-state index contributed by atoms with van der Waals surface area (Å²) in [5, 5.41) is 18.8. The molecule has 1 aromatic rings. The van der Waals surface area contributed by atoms with Crippen molar-refractivity contribution >= 4 is 5.69 Å². The van der Waals surface area contributed by atoms with E-state index in [0.717, 1.165) is 17.8 Å². The zero-order valence-electron chi connectivity index (χ0n) is 10.0. The fraction of sp³-hybridized carbons (Fsp3) is 0.538. The second kappa shape index (κ2) is 5.49. The molecule has 2 unspecified atom stereocenters. The first kappa shape index (κ1) is 12.4. The lowest BCUT2D eigenvalue weighted by atomic mass is 10.1. The van der Waals surface area contributed by atoms with Crippen LogP contribution in [0, 0.1) is 0 Å². The van der Waals surface area contributed by atoms with E-state index in [9.17, 15) is 10.2 Å². The summed E-state index contributed by atoms with van der Waals surface area (Å²) in [6.07, 6.45) is -0.442. The second-order valence-electron chi connectivity index (χ2n) is 4.37. The normalized spacial score (nSPS) is 22.5. The smallest absolute Gasteiger partial charge is 0.0761 e. The molecule has 0 spiro atoms. The van der Waals surface area contributed by atoms with Gasteiger partial charge in [-0.25, -0.2) is 0 Å². The van der Waals surface area contributed by atoms with Crippen LogP contribution in [0.25, 0.3) is 0 Å². The summed E-state index contributed by atoms with van der Waals surface area (Å²) in [6, 6.07) is 7.83. The molecule has 4 heteroatoms. The average Bonchev–Trinajstić information content (AvgIpc) is 2.39. The fourth-order valence-corrected chi connectivity index (χ4v) is 2.09. The van der Waals surface area contributed by atoms with Crippen LogP contribution in [0.5, 0.6) is 0 Å². The molecule has 17 heavy (non-hydrogen) atoms. The number of nitrogens with zero attached hydrogens (tertiary/aromatic N) is 1. The standard InChI is InChI=1S/C13H19NO3/c1-10(16)11-2-4-12(5-3-11)14-6-7-17-9-13(14)8-15/h2-5,10,13,15-16H,6-9H2,1H3. The third kappa shape index (κ3) is 2.77. The Kier molecular flexibility index (Phi) is 3.99. The molecule has 4 nitrogen and oxygen atoms in total. The Bertz CT molecular complexity index is 350. The van der Waals surface area contributed by atoms with Gasteiger partial charge < -0.3 is 19.8 Å². The van der Waals surface area contributed by atoms with Crippen molar-refractivity contribution in [1.82, 2.24) is 0 Å². The predicted octanol–water partition coefficient (Wildman–Crippen LogP) is 0.937. The molecule has 1 aliphatic rings. The van der Waals surface area contributed by atoms with E-state index in [1.54, 1.807) is 6.92 Å². The zero-order chi connectivity index (χ0) is 12.3. The summed E-state index contributed by atoms with van der Waals surface area (Å²) in [7, 11) is 0. The number of aliphatic hydroxyl groups excluding tert-OH is 2. The van der Waals surface area contributed by atoms with Gasteiger partial charge in [0.2, 0.25) is 0 Å². The van der Waals surface area contributed by atoms with Crippen LogP contribution in [0.15, 0.2) is 24.3 Å². The van der Waals surface area contributed by atoms with E-state index < -0.39 is 6.10 Å². The highest BCUT2D eigenvalue weighted by Gasteiger charge is 2.22. The van der Waals surface area contributed by atoms with Crippen LogP contribution in [-0.2, 0) is 4.74 Å². The Labute approximate surface area is 101 Å². The van der Waals surface area contributed by atoms with Crippen molar-refractivity contribution < 1.29 is 14.9 Å². The maximum atomic E-state index is 9.45. The van der Waals surface area contributed by atoms with Crippen molar-refractivity contribution in [3.05, 3.63) is 29.8 Å². The molecule has 1 heterocycles. The van der Waals surface area contributed by atoms with E-state index in [1.807, 2.05) is 24.3 Å². The van der Waals surface area contributed by atoms with Crippen LogP contribution in [0.3, 0.4) is 0 Å². The largest absolute Gasteiger partial charge is 0.394 e. The number of hydrogen-bond acceptors (Lipinski definition) is 4. The van der Waals surface area contributed by atoms with Crippen LogP contribution in [0.1, 0.15) is 18.6 Å². The number of aliphatic hydroxyl groups is 2. The Balaban J connectivity index is 2.15. The first-order valence-electron chi connectivity index (χ1n) is 5.95. The molecule has 1 fully saturated rings. The molecule has 2 N–H and O–H groups in total. The van der Waals surface area contributed by atoms with Gasteiger partial charge in [0.15, 0.2) is 0 Å². The van der Waals surface area contributed by atoms with E-state index in [1.165, 1.54) is 0 Å². The van der Waals surface area contributed by atoms with Gasteiger partial charge in [-0.05, 0) is 24.6 Å². The lowest BCUT2D eigenvalue weighted by Crippen LogP contribution is -2.47. The summed E-state index contributed by atoms with van der Waals surface area (Å²) in [4.78, 5) is 2.15. The van der Waals surface area contributed by atoms with Crippen LogP contribution in [0.4, 0.5) is 5.69 Å². The van der Waals surface area contributed by atoms with E-state index >= 15 is 0 Å². The van der Waals surface area contributed by atoms with Crippen molar-refractivity contribution in [2.45, 2.75) is 19.1 Å². The summed E-state index contributed by atoms with van der Waals surface area (Å²) in [5.74, 6) is 0. The monoisotopic (exact) mass is 237 g/mol. The number of hydrogen-bond donors (Lipinski definition) is 2. The molecule has 0 bridgehead atoms. The summed E-state index contributed by atoms with van der Waals surface area (Å²) < 4.78 is 5.34. The van der Waals surface area contributed by atoms with Gasteiger partial charge in [-0.1, -0.05) is 12.1 Å². The van der Waals surface area contributed by atoms with Gasteiger partial charge in [-0.15, -0.1) is 0 Å². The molecule has 0 saturated carbocycles. The molecule has 0 amide bonds. The lowest BCUT2D eigenvalue weighted by molar-refractivity contribution is 0.0727. The van der Waals surface area contributed by atoms with Crippen LogP contribution in [-0.4, -0.2) is 42.6 Å². The minimum Gasteiger partial charge on any atom is -0.394 e. The quantitative estimate of drug-likeness (QED) is 0.821. The minimum atomic E-state index is -0.442. The van der Waals surface area contributed by atoms with Crippen molar-refractivity contribution in [2.24, 2.45) is 0 Å². The van der Waals surface area contributed by atoms with Crippen molar-refractivity contribution in [3.8, 4) is 0 Å². The number of anilines is 1. The second-order valence-corrected chi connectivity index (χ2v) is 4.37. The van der Waals surface area contributed by atoms with Gasteiger partial charge in [-0.3, -0.25) is 0 Å². The Morgan fingerprint density at radius 1 is 1.41 bits per heavy atom. The predicted molar refractivity (Wildman–Crippen MR) is 66.1 cm³/mol. The summed E-state index contributed by atoms with van der Waals surface area (Å²) >= 11 is 0. The molecule has 1 aromatic carbocycles. The number of morpholine rings is 1. The van der Waals surface area contributed by atoms with Crippen molar-refractivity contribution in [3.63, 3.8) is 0 Å². The molecule has 0 aromatic heterocycles. The van der Waals surface area contributed by atoms with Gasteiger partial charge in [0, 0.05) is 12.2 Å². The molecular formula is C13H19NO3. The van der Waals surface area contributed by atoms with Crippen LogP contribution in [0.2, 0.25) is 0 Å². The van der Waals surface area contributed by atoms with Crippen LogP contribution >= 0.6 is 0 Å². The highest BCUT2D eigenvalue weighted by atomic mass is 16.5. The number of benzene rings is 1. The fourth-order valence-electron chi connectivity index (χ4n) is 2.09. The first-order valence-corrected chi connectivity index (χ1v) is 5.95. The van der Waals surface area contributed by atoms with Gasteiger partial charge >= 0.3 is 0 Å². The maximum Gasteiger partial charge on any atom is 0.0761 e. The topological polar surface area (TPSA) is 52.9 Å². The Morgan fingerprint density at radius 3 is 2.71 bits per heavy atom. The SMILES string of the molecule is CC(O)c1ccc(N2CCOCC2CO)cc1. The van der Waals surface area contributed by atoms with Crippen molar-refractivity contribution in [1.29, 1.82) is 0 Å². The summed E-state index contributed by atoms with van der Waals surface area (Å²) in [6.45, 7) is 3.89. The average molecular weight is 237 g/mol. The van der Waals surface area contributed by atoms with Gasteiger partial charge in [0.25, 0.3) is 0 Å². The molecule has 0 radical (unpaired) electrons. The highest BCUT2D eigenvalue weighted by Crippen LogP contribution is 2.22. The van der Waals surface area contributed by atoms with E-state index in [4.69, 9.17) is 4.74 Å². The van der Waals surface area contributed by atoms with E-state index in [0.29, 0.717) is 13.2 Å². The van der Waals surface area contributed by atoms with Gasteiger partial charge in [0.1, 0.15) is 0 Å². The number of ether oxygens (including phenoxy) is 1. The van der Waals surface area contributed by atoms with Gasteiger partial charge in [-0.2, -0.15) is 0 Å². The highest BCUT2D eigenvalue weighted by molar-refractivity contribution is 5.49. The third-order valence-electron chi connectivity index (χ3n) is 3.15. The molecule has 1 saturated heterocycles. The zero-order valence-corrected chi connectivity index (χ0v) is 10.0. The Hall–Kier alpha value is -1.10. The summed E-state index contributed by atoms with van der Waals surface area (Å²) in [5.41, 5.74) is 1.97. The van der Waals surface area contributed by atoms with Gasteiger partial charge in [0.05, 0.1) is 32.0 Å². The minimum absolute atomic E-state index is 0.0288. The number of rotatable bonds is 3. The van der Waals surface area contributed by atoms with Crippen molar-refractivity contribution in [2.75, 3.05) is 31.3 Å². The first-order chi connectivity index (χ1) is 8.22. The lowest BCUT2D eigenvalue weighted by Gasteiger charge is -2.36. The Morgan fingerprint density at radius 2 is 2.12 bits per heavy atom. The molecule has 2 rings (SSSR count). The maximum absolute atomic E-state index is 9.45. The molecule has 1 aliphatic heterocycles. The van der Waals surface area contributed by atoms with Crippen LogP contribution < -0.4 is 4.90 Å². The molecule has 0 aliphatic carbocycles. The van der Waals surface area contributed by atoms with E-state index in [-0.39, 0.29) is 12.6 Å². The molecule has 2 atom stereocenters. The van der Waals surface area contributed by atoms with E-state index in [2.05, 4.69) is 4.90 Å². The molecular weight excluding hydrogens is 218 g/mol. The third-order valence-corrected chi connectivity index (χ3v) is 3.15.